The molecule has 1 aliphatic rings. The number of ether oxygens (including phenoxy) is 1. The van der Waals surface area contributed by atoms with Crippen molar-refractivity contribution in [1.82, 2.24) is 5.32 Å². The van der Waals surface area contributed by atoms with Crippen LogP contribution in [0.25, 0.3) is 0 Å². The molecule has 0 spiro atoms. The van der Waals surface area contributed by atoms with E-state index in [0.717, 1.165) is 13.0 Å². The third kappa shape index (κ3) is 10.1. The largest absolute Gasteiger partial charge is 0.498 e. The Labute approximate surface area is 145 Å². The van der Waals surface area contributed by atoms with E-state index in [9.17, 15) is 0 Å². The van der Waals surface area contributed by atoms with Crippen LogP contribution in [-0.4, -0.2) is 17.7 Å². The summed E-state index contributed by atoms with van der Waals surface area (Å²) >= 11 is 0. The molecule has 1 aliphatic heterocycles. The van der Waals surface area contributed by atoms with Crippen molar-refractivity contribution in [2.24, 2.45) is 0 Å². The third-order valence-electron chi connectivity index (χ3n) is 4.58. The lowest BCUT2D eigenvalue weighted by Crippen LogP contribution is -2.54. The Morgan fingerprint density at radius 2 is 1.39 bits per heavy atom. The second kappa shape index (κ2) is 10.4. The van der Waals surface area contributed by atoms with Gasteiger partial charge < -0.3 is 10.1 Å². The molecule has 0 aromatic heterocycles. The van der Waals surface area contributed by atoms with Gasteiger partial charge in [-0.2, -0.15) is 0 Å². The van der Waals surface area contributed by atoms with E-state index in [0.29, 0.717) is 0 Å². The molecule has 1 rings (SSSR count). The van der Waals surface area contributed by atoms with Crippen molar-refractivity contribution >= 4 is 0 Å². The molecule has 0 saturated heterocycles. The summed E-state index contributed by atoms with van der Waals surface area (Å²) < 4.78 is 6.05. The van der Waals surface area contributed by atoms with Gasteiger partial charge in [0, 0.05) is 17.5 Å². The molecular weight excluding hydrogens is 282 g/mol. The standard InChI is InChI=1S/C21H41NO/c1-6-7-8-9-10-11-12-13-14-15-16-23-19-17-20(2,3)22-21(4,5)18-19/h17,22H,6-16,18H2,1-5H3. The molecule has 0 bridgehead atoms. The summed E-state index contributed by atoms with van der Waals surface area (Å²) in [6.07, 6.45) is 17.0. The van der Waals surface area contributed by atoms with Crippen LogP contribution in [0.5, 0.6) is 0 Å². The number of nitrogens with one attached hydrogen (secondary N) is 1. The maximum absolute atomic E-state index is 6.05. The molecule has 0 aromatic carbocycles. The van der Waals surface area contributed by atoms with Crippen molar-refractivity contribution in [3.05, 3.63) is 11.8 Å². The molecule has 1 N–H and O–H groups in total. The molecular formula is C21H41NO. The Hall–Kier alpha value is -0.500. The summed E-state index contributed by atoms with van der Waals surface area (Å²) in [5.74, 6) is 1.18. The first-order chi connectivity index (χ1) is 10.8. The van der Waals surface area contributed by atoms with Gasteiger partial charge in [0.05, 0.1) is 12.4 Å². The van der Waals surface area contributed by atoms with Crippen molar-refractivity contribution < 1.29 is 4.74 Å². The Bertz CT molecular complexity index is 344. The zero-order valence-corrected chi connectivity index (χ0v) is 16.5. The van der Waals surface area contributed by atoms with E-state index < -0.39 is 0 Å². The topological polar surface area (TPSA) is 21.3 Å². The van der Waals surface area contributed by atoms with Gasteiger partial charge in [0.15, 0.2) is 0 Å². The quantitative estimate of drug-likeness (QED) is 0.422. The molecule has 0 saturated carbocycles. The van der Waals surface area contributed by atoms with Crippen LogP contribution in [0.2, 0.25) is 0 Å². The lowest BCUT2D eigenvalue weighted by atomic mass is 9.87. The third-order valence-corrected chi connectivity index (χ3v) is 4.58. The zero-order chi connectivity index (χ0) is 17.2. The molecule has 2 heteroatoms. The van der Waals surface area contributed by atoms with E-state index in [2.05, 4.69) is 46.0 Å². The lowest BCUT2D eigenvalue weighted by Gasteiger charge is -2.40. The van der Waals surface area contributed by atoms with E-state index in [1.165, 1.54) is 70.0 Å². The van der Waals surface area contributed by atoms with E-state index in [1.807, 2.05) is 0 Å². The summed E-state index contributed by atoms with van der Waals surface area (Å²) in [6.45, 7) is 12.1. The fourth-order valence-electron chi connectivity index (χ4n) is 3.73. The highest BCUT2D eigenvalue weighted by molar-refractivity contribution is 5.16. The van der Waals surface area contributed by atoms with Gasteiger partial charge in [-0.1, -0.05) is 64.7 Å². The molecule has 23 heavy (non-hydrogen) atoms. The fourth-order valence-corrected chi connectivity index (χ4v) is 3.73. The number of hydrogen-bond acceptors (Lipinski definition) is 2. The molecule has 0 unspecified atom stereocenters. The van der Waals surface area contributed by atoms with Crippen LogP contribution in [0.4, 0.5) is 0 Å². The number of rotatable bonds is 12. The molecule has 2 nitrogen and oxygen atoms in total. The van der Waals surface area contributed by atoms with Gasteiger partial charge >= 0.3 is 0 Å². The van der Waals surface area contributed by atoms with E-state index in [-0.39, 0.29) is 11.1 Å². The van der Waals surface area contributed by atoms with Gasteiger partial charge in [-0.3, -0.25) is 0 Å². The first kappa shape index (κ1) is 20.5. The van der Waals surface area contributed by atoms with Gasteiger partial charge in [-0.05, 0) is 40.2 Å². The highest BCUT2D eigenvalue weighted by Gasteiger charge is 2.32. The minimum absolute atomic E-state index is 0.0366. The summed E-state index contributed by atoms with van der Waals surface area (Å²) in [6, 6.07) is 0. The lowest BCUT2D eigenvalue weighted by molar-refractivity contribution is 0.150. The minimum Gasteiger partial charge on any atom is -0.498 e. The van der Waals surface area contributed by atoms with Crippen molar-refractivity contribution in [3.8, 4) is 0 Å². The van der Waals surface area contributed by atoms with Crippen molar-refractivity contribution in [3.63, 3.8) is 0 Å². The maximum atomic E-state index is 6.05. The number of unbranched alkanes of at least 4 members (excludes halogenated alkanes) is 9. The molecule has 0 radical (unpaired) electrons. The summed E-state index contributed by atoms with van der Waals surface area (Å²) in [5, 5.41) is 3.65. The van der Waals surface area contributed by atoms with Crippen LogP contribution >= 0.6 is 0 Å². The van der Waals surface area contributed by atoms with Crippen LogP contribution in [-0.2, 0) is 4.74 Å². The predicted molar refractivity (Wildman–Crippen MR) is 102 cm³/mol. The van der Waals surface area contributed by atoms with Gasteiger partial charge in [-0.15, -0.1) is 0 Å². The zero-order valence-electron chi connectivity index (χ0n) is 16.5. The summed E-state index contributed by atoms with van der Waals surface area (Å²) in [5.41, 5.74) is 0.167. The van der Waals surface area contributed by atoms with Crippen molar-refractivity contribution in [2.75, 3.05) is 6.61 Å². The second-order valence-corrected chi connectivity index (χ2v) is 8.55. The monoisotopic (exact) mass is 323 g/mol. The van der Waals surface area contributed by atoms with Crippen LogP contribution in [0.3, 0.4) is 0 Å². The van der Waals surface area contributed by atoms with Crippen LogP contribution in [0, 0.1) is 0 Å². The SMILES string of the molecule is CCCCCCCCCCCCOC1=CC(C)(C)NC(C)(C)C1. The average Bonchev–Trinajstić information content (AvgIpc) is 2.41. The first-order valence-corrected chi connectivity index (χ1v) is 9.98. The maximum Gasteiger partial charge on any atom is 0.0956 e. The smallest absolute Gasteiger partial charge is 0.0956 e. The molecule has 0 amide bonds. The fraction of sp³-hybridized carbons (Fsp3) is 0.905. The summed E-state index contributed by atoms with van der Waals surface area (Å²) in [7, 11) is 0. The van der Waals surface area contributed by atoms with Crippen LogP contribution in [0.1, 0.15) is 105 Å². The second-order valence-electron chi connectivity index (χ2n) is 8.55. The molecule has 0 fully saturated rings. The van der Waals surface area contributed by atoms with Crippen LogP contribution in [0.15, 0.2) is 11.8 Å². The Morgan fingerprint density at radius 3 is 1.91 bits per heavy atom. The van der Waals surface area contributed by atoms with E-state index in [1.54, 1.807) is 0 Å². The molecule has 0 aliphatic carbocycles. The summed E-state index contributed by atoms with van der Waals surface area (Å²) in [4.78, 5) is 0. The van der Waals surface area contributed by atoms with Crippen LogP contribution < -0.4 is 5.32 Å². The molecule has 0 aromatic rings. The van der Waals surface area contributed by atoms with E-state index >= 15 is 0 Å². The molecule has 136 valence electrons. The van der Waals surface area contributed by atoms with Gasteiger partial charge in [0.2, 0.25) is 0 Å². The molecule has 0 atom stereocenters. The highest BCUT2D eigenvalue weighted by Crippen LogP contribution is 2.28. The van der Waals surface area contributed by atoms with E-state index in [4.69, 9.17) is 4.74 Å². The minimum atomic E-state index is 0.0366. The molecule has 1 heterocycles. The van der Waals surface area contributed by atoms with Gasteiger partial charge in [-0.25, -0.2) is 0 Å². The van der Waals surface area contributed by atoms with Gasteiger partial charge in [0.25, 0.3) is 0 Å². The normalized spacial score (nSPS) is 19.4. The Morgan fingerprint density at radius 1 is 0.870 bits per heavy atom. The Balaban J connectivity index is 2.02. The van der Waals surface area contributed by atoms with Crippen molar-refractivity contribution in [1.29, 1.82) is 0 Å². The van der Waals surface area contributed by atoms with Gasteiger partial charge in [0.1, 0.15) is 0 Å². The Kier molecular flexibility index (Phi) is 9.27. The number of hydrogen-bond donors (Lipinski definition) is 1. The predicted octanol–water partition coefficient (Wildman–Crippen LogP) is 6.36. The first-order valence-electron chi connectivity index (χ1n) is 9.98. The van der Waals surface area contributed by atoms with Crippen molar-refractivity contribution in [2.45, 2.75) is 116 Å². The highest BCUT2D eigenvalue weighted by atomic mass is 16.5. The average molecular weight is 324 g/mol.